The van der Waals surface area contributed by atoms with Crippen LogP contribution in [0.5, 0.6) is 0 Å². The minimum absolute atomic E-state index is 0.0704. The Morgan fingerprint density at radius 1 is 1.03 bits per heavy atom. The van der Waals surface area contributed by atoms with Crippen LogP contribution in [0, 0.1) is 6.92 Å². The highest BCUT2D eigenvalue weighted by Gasteiger charge is 2.37. The van der Waals surface area contributed by atoms with Crippen LogP contribution in [0.1, 0.15) is 16.7 Å². The number of aromatic amines is 1. The number of alkyl halides is 6. The lowest BCUT2D eigenvalue weighted by Crippen LogP contribution is -2.19. The Labute approximate surface area is 185 Å². The maximum absolute atomic E-state index is 13.2. The van der Waals surface area contributed by atoms with Crippen LogP contribution in [-0.4, -0.2) is 31.8 Å². The second-order valence-corrected chi connectivity index (χ2v) is 8.00. The molecule has 0 unspecified atom stereocenters. The van der Waals surface area contributed by atoms with Gasteiger partial charge in [0.2, 0.25) is 11.1 Å². The Hall–Kier alpha value is -3.35. The Bertz CT molecular complexity index is 1370. The number of fused-ring (bicyclic) bond motifs is 3. The molecule has 0 aliphatic heterocycles. The van der Waals surface area contributed by atoms with Crippen molar-refractivity contribution < 1.29 is 31.1 Å². The third-order valence-electron chi connectivity index (χ3n) is 4.61. The summed E-state index contributed by atoms with van der Waals surface area (Å²) >= 11 is 0.779. The lowest BCUT2D eigenvalue weighted by atomic mass is 10.1. The van der Waals surface area contributed by atoms with Gasteiger partial charge in [-0.3, -0.25) is 4.79 Å². The van der Waals surface area contributed by atoms with Gasteiger partial charge in [-0.15, -0.1) is 10.2 Å². The van der Waals surface area contributed by atoms with Crippen molar-refractivity contribution in [2.45, 2.75) is 24.4 Å². The maximum Gasteiger partial charge on any atom is 0.418 e. The van der Waals surface area contributed by atoms with Gasteiger partial charge in [-0.25, -0.2) is 4.98 Å². The number of halogens is 6. The number of carbonyl (C=O) groups is 1. The highest BCUT2D eigenvalue weighted by Crippen LogP contribution is 2.39. The van der Waals surface area contributed by atoms with E-state index in [1.807, 2.05) is 30.4 Å². The molecular formula is C20H13F6N5OS. The standard InChI is InChI=1S/C20H13F6N5OS/c1-9-2-5-13-11(6-9)16-17(28-13)29-18(31-30-16)33-8-15(32)27-14-7-10(19(21,22)23)3-4-12(14)20(24,25)26/h2-7H,8H2,1H3,(H,27,32)(H,28,29,31). The fraction of sp³-hybridized carbons (Fsp3) is 0.200. The highest BCUT2D eigenvalue weighted by atomic mass is 32.2. The zero-order valence-corrected chi connectivity index (χ0v) is 17.4. The molecule has 2 heterocycles. The average Bonchev–Trinajstić information content (AvgIpc) is 3.07. The summed E-state index contributed by atoms with van der Waals surface area (Å²) in [6, 6.07) is 6.49. The van der Waals surface area contributed by atoms with Crippen LogP contribution in [0.2, 0.25) is 0 Å². The van der Waals surface area contributed by atoms with Crippen molar-refractivity contribution in [3.05, 3.63) is 53.1 Å². The van der Waals surface area contributed by atoms with Crippen LogP contribution in [0.4, 0.5) is 32.0 Å². The Morgan fingerprint density at radius 2 is 1.79 bits per heavy atom. The number of benzene rings is 2. The first-order valence-electron chi connectivity index (χ1n) is 9.25. The summed E-state index contributed by atoms with van der Waals surface area (Å²) < 4.78 is 78.2. The first-order valence-corrected chi connectivity index (χ1v) is 10.2. The molecule has 1 amide bonds. The Balaban J connectivity index is 1.52. The van der Waals surface area contributed by atoms with E-state index in [1.54, 1.807) is 0 Å². The number of nitrogens with one attached hydrogen (secondary N) is 2. The largest absolute Gasteiger partial charge is 0.418 e. The molecule has 4 rings (SSSR count). The number of nitrogens with zero attached hydrogens (tertiary/aromatic N) is 3. The first kappa shape index (κ1) is 22.8. The van der Waals surface area contributed by atoms with E-state index >= 15 is 0 Å². The van der Waals surface area contributed by atoms with Gasteiger partial charge in [0, 0.05) is 10.9 Å². The number of anilines is 1. The summed E-state index contributed by atoms with van der Waals surface area (Å²) in [4.78, 5) is 19.5. The third-order valence-corrected chi connectivity index (χ3v) is 5.45. The van der Waals surface area contributed by atoms with E-state index in [4.69, 9.17) is 0 Å². The van der Waals surface area contributed by atoms with E-state index in [-0.39, 0.29) is 17.3 Å². The molecule has 0 saturated carbocycles. The van der Waals surface area contributed by atoms with E-state index < -0.39 is 40.8 Å². The fourth-order valence-corrected chi connectivity index (χ4v) is 3.71. The van der Waals surface area contributed by atoms with Crippen molar-refractivity contribution in [1.82, 2.24) is 20.2 Å². The van der Waals surface area contributed by atoms with Crippen LogP contribution in [0.3, 0.4) is 0 Å². The quantitative estimate of drug-likeness (QED) is 0.291. The van der Waals surface area contributed by atoms with Crippen LogP contribution in [-0.2, 0) is 17.1 Å². The molecule has 6 nitrogen and oxygen atoms in total. The summed E-state index contributed by atoms with van der Waals surface area (Å²) in [6.07, 6.45) is -9.82. The van der Waals surface area contributed by atoms with Gasteiger partial charge in [-0.05, 0) is 37.3 Å². The van der Waals surface area contributed by atoms with Gasteiger partial charge in [-0.1, -0.05) is 23.4 Å². The molecule has 33 heavy (non-hydrogen) atoms. The number of carbonyl (C=O) groups excluding carboxylic acids is 1. The number of thioether (sulfide) groups is 1. The maximum atomic E-state index is 13.2. The van der Waals surface area contributed by atoms with Gasteiger partial charge in [0.15, 0.2) is 5.65 Å². The van der Waals surface area contributed by atoms with Crippen molar-refractivity contribution in [1.29, 1.82) is 0 Å². The number of H-pyrrole nitrogens is 1. The number of hydrogen-bond donors (Lipinski definition) is 2. The molecule has 0 aliphatic rings. The van der Waals surface area contributed by atoms with E-state index in [0.29, 0.717) is 17.2 Å². The molecule has 4 aromatic rings. The van der Waals surface area contributed by atoms with Crippen LogP contribution >= 0.6 is 11.8 Å². The van der Waals surface area contributed by atoms with E-state index in [9.17, 15) is 31.1 Å². The molecule has 0 spiro atoms. The molecule has 0 radical (unpaired) electrons. The second kappa shape index (κ2) is 8.21. The smallest absolute Gasteiger partial charge is 0.338 e. The molecule has 0 aliphatic carbocycles. The van der Waals surface area contributed by atoms with Crippen LogP contribution in [0.25, 0.3) is 22.1 Å². The van der Waals surface area contributed by atoms with Crippen LogP contribution < -0.4 is 5.32 Å². The molecule has 0 fully saturated rings. The lowest BCUT2D eigenvalue weighted by Gasteiger charge is -2.16. The zero-order chi connectivity index (χ0) is 24.0. The summed E-state index contributed by atoms with van der Waals surface area (Å²) in [5.41, 5.74) is -0.975. The van der Waals surface area contributed by atoms with Crippen molar-refractivity contribution in [2.75, 3.05) is 11.1 Å². The fourth-order valence-electron chi connectivity index (χ4n) is 3.12. The Kier molecular flexibility index (Phi) is 5.68. The summed E-state index contributed by atoms with van der Waals surface area (Å²) in [7, 11) is 0. The number of aromatic nitrogens is 4. The predicted octanol–water partition coefficient (Wildman–Crippen LogP) is 5.58. The van der Waals surface area contributed by atoms with Crippen molar-refractivity contribution in [3.63, 3.8) is 0 Å². The van der Waals surface area contributed by atoms with Crippen molar-refractivity contribution >= 4 is 45.4 Å². The third kappa shape index (κ3) is 4.87. The minimum atomic E-state index is -4.95. The molecule has 2 aromatic carbocycles. The minimum Gasteiger partial charge on any atom is -0.338 e. The van der Waals surface area contributed by atoms with Gasteiger partial charge in [0.1, 0.15) is 5.52 Å². The molecule has 0 saturated heterocycles. The Morgan fingerprint density at radius 3 is 2.48 bits per heavy atom. The van der Waals surface area contributed by atoms with Gasteiger partial charge in [0.05, 0.1) is 22.6 Å². The first-order chi connectivity index (χ1) is 15.4. The van der Waals surface area contributed by atoms with Gasteiger partial charge in [-0.2, -0.15) is 26.3 Å². The van der Waals surface area contributed by atoms with Gasteiger partial charge >= 0.3 is 12.4 Å². The predicted molar refractivity (Wildman–Crippen MR) is 110 cm³/mol. The summed E-state index contributed by atoms with van der Waals surface area (Å²) in [6.45, 7) is 1.91. The number of amides is 1. The van der Waals surface area contributed by atoms with E-state index in [0.717, 1.165) is 28.2 Å². The summed E-state index contributed by atoms with van der Waals surface area (Å²) in [5, 5.41) is 10.8. The van der Waals surface area contributed by atoms with Crippen molar-refractivity contribution in [2.24, 2.45) is 0 Å². The topological polar surface area (TPSA) is 83.6 Å². The molecule has 2 aromatic heterocycles. The number of hydrogen-bond acceptors (Lipinski definition) is 5. The van der Waals surface area contributed by atoms with E-state index in [2.05, 4.69) is 20.2 Å². The number of rotatable bonds is 4. The SMILES string of the molecule is Cc1ccc2[nH]c3nc(SCC(=O)Nc4cc(C(F)(F)F)ccc4C(F)(F)F)nnc3c2c1. The van der Waals surface area contributed by atoms with E-state index in [1.165, 1.54) is 0 Å². The molecular weight excluding hydrogens is 472 g/mol. The monoisotopic (exact) mass is 485 g/mol. The summed E-state index contributed by atoms with van der Waals surface area (Å²) in [5.74, 6) is -1.40. The molecule has 0 bridgehead atoms. The molecule has 13 heteroatoms. The average molecular weight is 485 g/mol. The lowest BCUT2D eigenvalue weighted by molar-refractivity contribution is -0.141. The molecule has 0 atom stereocenters. The highest BCUT2D eigenvalue weighted by molar-refractivity contribution is 7.99. The normalized spacial score (nSPS) is 12.5. The molecule has 172 valence electrons. The van der Waals surface area contributed by atoms with Gasteiger partial charge in [0.25, 0.3) is 0 Å². The van der Waals surface area contributed by atoms with Gasteiger partial charge < -0.3 is 10.3 Å². The van der Waals surface area contributed by atoms with Crippen LogP contribution in [0.15, 0.2) is 41.6 Å². The van der Waals surface area contributed by atoms with Crippen molar-refractivity contribution in [3.8, 4) is 0 Å². The second-order valence-electron chi connectivity index (χ2n) is 7.06. The number of aryl methyl sites for hydroxylation is 1. The molecule has 2 N–H and O–H groups in total. The zero-order valence-electron chi connectivity index (χ0n) is 16.6.